The van der Waals surface area contributed by atoms with Gasteiger partial charge in [0.15, 0.2) is 5.82 Å². The molecule has 0 unspecified atom stereocenters. The summed E-state index contributed by atoms with van der Waals surface area (Å²) in [6.45, 7) is 7.06. The Kier molecular flexibility index (Phi) is 5.34. The minimum Gasteiger partial charge on any atom is -0.354 e. The van der Waals surface area contributed by atoms with Crippen molar-refractivity contribution in [3.05, 3.63) is 47.4 Å². The fourth-order valence-corrected chi connectivity index (χ4v) is 4.65. The predicted octanol–water partition coefficient (Wildman–Crippen LogP) is 2.62. The molecule has 3 aromatic heterocycles. The summed E-state index contributed by atoms with van der Waals surface area (Å²) in [5.41, 5.74) is 3.33. The molecule has 2 aliphatic rings. The van der Waals surface area contributed by atoms with Gasteiger partial charge in [-0.05, 0) is 51.9 Å². The van der Waals surface area contributed by atoms with Gasteiger partial charge in [-0.3, -0.25) is 9.69 Å². The van der Waals surface area contributed by atoms with E-state index in [1.165, 1.54) is 0 Å². The molecule has 1 N–H and O–H groups in total. The topological polar surface area (TPSA) is 92.1 Å². The van der Waals surface area contributed by atoms with Gasteiger partial charge in [-0.15, -0.1) is 10.2 Å². The van der Waals surface area contributed by atoms with Crippen molar-refractivity contribution >= 4 is 17.5 Å². The summed E-state index contributed by atoms with van der Waals surface area (Å²) in [5.74, 6) is 2.17. The molecule has 9 heteroatoms. The van der Waals surface area contributed by atoms with Gasteiger partial charge in [-0.25, -0.2) is 9.97 Å². The number of nitrogens with zero attached hydrogens (tertiary/aromatic N) is 7. The first-order valence-corrected chi connectivity index (χ1v) is 11.2. The van der Waals surface area contributed by atoms with Crippen LogP contribution in [0.25, 0.3) is 11.5 Å². The highest BCUT2D eigenvalue weighted by atomic mass is 16.2. The molecule has 0 spiro atoms. The van der Waals surface area contributed by atoms with E-state index in [2.05, 4.69) is 27.3 Å². The molecule has 0 saturated carbocycles. The standard InChI is InChI=1S/C23H28N8O/c1-4-29-14-25-28-22(29)18-8-5-9-20(26-18)31-13-17-16(23(31)32)11-21(27-19(17)12-24-3)30-10-6-7-15(30)2/h5,8-9,11,14-15,24H,4,6-7,10,12-13H2,1-3H3/t15-/m1/s1. The Balaban J connectivity index is 1.52. The number of hydrogen-bond donors (Lipinski definition) is 1. The molecule has 166 valence electrons. The van der Waals surface area contributed by atoms with Crippen LogP contribution in [0, 0.1) is 0 Å². The summed E-state index contributed by atoms with van der Waals surface area (Å²) in [5, 5.41) is 11.4. The molecular formula is C23H28N8O. The van der Waals surface area contributed by atoms with Crippen LogP contribution in [-0.4, -0.2) is 50.3 Å². The minimum absolute atomic E-state index is 0.0329. The fourth-order valence-electron chi connectivity index (χ4n) is 4.65. The summed E-state index contributed by atoms with van der Waals surface area (Å²) in [6, 6.07) is 8.08. The van der Waals surface area contributed by atoms with E-state index in [0.717, 1.165) is 48.6 Å². The molecule has 1 fully saturated rings. The van der Waals surface area contributed by atoms with Crippen LogP contribution in [0.1, 0.15) is 48.3 Å². The number of anilines is 2. The van der Waals surface area contributed by atoms with Crippen LogP contribution in [0.4, 0.5) is 11.6 Å². The van der Waals surface area contributed by atoms with Gasteiger partial charge in [0.25, 0.3) is 5.91 Å². The molecule has 0 aromatic carbocycles. The van der Waals surface area contributed by atoms with Crippen molar-refractivity contribution in [1.82, 2.24) is 30.0 Å². The Bertz CT molecular complexity index is 1160. The second kappa shape index (κ2) is 8.31. The Morgan fingerprint density at radius 1 is 1.22 bits per heavy atom. The zero-order valence-electron chi connectivity index (χ0n) is 18.7. The molecule has 0 aliphatic carbocycles. The van der Waals surface area contributed by atoms with Crippen molar-refractivity contribution in [2.45, 2.75) is 52.4 Å². The molecule has 9 nitrogen and oxygen atoms in total. The average Bonchev–Trinajstić information content (AvgIpc) is 3.53. The first kappa shape index (κ1) is 20.6. The Morgan fingerprint density at radius 2 is 2.09 bits per heavy atom. The van der Waals surface area contributed by atoms with Crippen LogP contribution < -0.4 is 15.1 Å². The smallest absolute Gasteiger partial charge is 0.260 e. The third-order valence-electron chi connectivity index (χ3n) is 6.38. The number of pyridine rings is 2. The van der Waals surface area contributed by atoms with Crippen molar-refractivity contribution in [2.24, 2.45) is 0 Å². The van der Waals surface area contributed by atoms with E-state index in [1.807, 2.05) is 42.8 Å². The molecule has 1 atom stereocenters. The lowest BCUT2D eigenvalue weighted by Gasteiger charge is -2.24. The van der Waals surface area contributed by atoms with E-state index in [9.17, 15) is 4.79 Å². The molecule has 2 aliphatic heterocycles. The van der Waals surface area contributed by atoms with Gasteiger partial charge in [-0.2, -0.15) is 0 Å². The number of aromatic nitrogens is 5. The van der Waals surface area contributed by atoms with Gasteiger partial charge < -0.3 is 14.8 Å². The lowest BCUT2D eigenvalue weighted by Crippen LogP contribution is -2.28. The zero-order chi connectivity index (χ0) is 22.2. The average molecular weight is 433 g/mol. The highest BCUT2D eigenvalue weighted by molar-refractivity contribution is 6.10. The Morgan fingerprint density at radius 3 is 2.84 bits per heavy atom. The number of fused-ring (bicyclic) bond motifs is 1. The number of carbonyl (C=O) groups excluding carboxylic acids is 1. The highest BCUT2D eigenvalue weighted by Gasteiger charge is 2.34. The van der Waals surface area contributed by atoms with Gasteiger partial charge in [0, 0.05) is 31.2 Å². The molecule has 5 heterocycles. The Hall–Kier alpha value is -3.33. The second-order valence-corrected chi connectivity index (χ2v) is 8.38. The van der Waals surface area contributed by atoms with Gasteiger partial charge in [0.05, 0.1) is 17.8 Å². The first-order chi connectivity index (χ1) is 15.6. The predicted molar refractivity (Wildman–Crippen MR) is 122 cm³/mol. The summed E-state index contributed by atoms with van der Waals surface area (Å²) in [4.78, 5) is 27.3. The molecule has 0 radical (unpaired) electrons. The monoisotopic (exact) mass is 432 g/mol. The number of rotatable bonds is 6. The van der Waals surface area contributed by atoms with E-state index in [0.29, 0.717) is 36.5 Å². The van der Waals surface area contributed by atoms with Crippen LogP contribution in [0.15, 0.2) is 30.6 Å². The highest BCUT2D eigenvalue weighted by Crippen LogP contribution is 2.34. The van der Waals surface area contributed by atoms with Gasteiger partial charge in [0.1, 0.15) is 23.7 Å². The van der Waals surface area contributed by atoms with Crippen molar-refractivity contribution < 1.29 is 4.79 Å². The molecule has 1 saturated heterocycles. The maximum Gasteiger partial charge on any atom is 0.260 e. The van der Waals surface area contributed by atoms with Gasteiger partial charge >= 0.3 is 0 Å². The third-order valence-corrected chi connectivity index (χ3v) is 6.38. The maximum absolute atomic E-state index is 13.5. The van der Waals surface area contributed by atoms with Gasteiger partial charge in [-0.1, -0.05) is 6.07 Å². The molecule has 0 bridgehead atoms. The maximum atomic E-state index is 13.5. The number of amides is 1. The molecular weight excluding hydrogens is 404 g/mol. The second-order valence-electron chi connectivity index (χ2n) is 8.38. The zero-order valence-corrected chi connectivity index (χ0v) is 18.7. The molecule has 5 rings (SSSR count). The SMILES string of the molecule is CCn1cnnc1-c1cccc(N2Cc3c(cc(N4CCC[C@H]4C)nc3CNC)C2=O)n1. The van der Waals surface area contributed by atoms with Crippen molar-refractivity contribution in [1.29, 1.82) is 0 Å². The fraction of sp³-hybridized carbons (Fsp3) is 0.435. The van der Waals surface area contributed by atoms with E-state index >= 15 is 0 Å². The number of nitrogens with one attached hydrogen (secondary N) is 1. The van der Waals surface area contributed by atoms with Crippen LogP contribution >= 0.6 is 0 Å². The largest absolute Gasteiger partial charge is 0.354 e. The van der Waals surface area contributed by atoms with E-state index in [1.54, 1.807) is 11.2 Å². The normalized spacial score (nSPS) is 18.0. The summed E-state index contributed by atoms with van der Waals surface area (Å²) in [6.07, 6.45) is 4.00. The quantitative estimate of drug-likeness (QED) is 0.640. The van der Waals surface area contributed by atoms with Crippen LogP contribution in [0.5, 0.6) is 0 Å². The summed E-state index contributed by atoms with van der Waals surface area (Å²) >= 11 is 0. The number of hydrogen-bond acceptors (Lipinski definition) is 7. The third kappa shape index (κ3) is 3.42. The first-order valence-electron chi connectivity index (χ1n) is 11.2. The number of aryl methyl sites for hydroxylation is 1. The lowest BCUT2D eigenvalue weighted by atomic mass is 10.1. The van der Waals surface area contributed by atoms with Crippen molar-refractivity contribution in [2.75, 3.05) is 23.4 Å². The van der Waals surface area contributed by atoms with Crippen LogP contribution in [-0.2, 0) is 19.6 Å². The van der Waals surface area contributed by atoms with Crippen LogP contribution in [0.2, 0.25) is 0 Å². The van der Waals surface area contributed by atoms with Gasteiger partial charge in [0.2, 0.25) is 0 Å². The summed E-state index contributed by atoms with van der Waals surface area (Å²) in [7, 11) is 1.91. The number of carbonyl (C=O) groups is 1. The van der Waals surface area contributed by atoms with E-state index in [4.69, 9.17) is 9.97 Å². The van der Waals surface area contributed by atoms with E-state index < -0.39 is 0 Å². The Labute approximate surface area is 187 Å². The molecule has 32 heavy (non-hydrogen) atoms. The molecule has 1 amide bonds. The van der Waals surface area contributed by atoms with Crippen molar-refractivity contribution in [3.8, 4) is 11.5 Å². The summed E-state index contributed by atoms with van der Waals surface area (Å²) < 4.78 is 1.94. The molecule has 3 aromatic rings. The minimum atomic E-state index is -0.0329. The lowest BCUT2D eigenvalue weighted by molar-refractivity contribution is 0.0996. The van der Waals surface area contributed by atoms with Crippen molar-refractivity contribution in [3.63, 3.8) is 0 Å². The van der Waals surface area contributed by atoms with E-state index in [-0.39, 0.29) is 5.91 Å². The van der Waals surface area contributed by atoms with Crippen LogP contribution in [0.3, 0.4) is 0 Å².